The van der Waals surface area contributed by atoms with E-state index in [9.17, 15) is 8.42 Å². The molecule has 0 bridgehead atoms. The zero-order valence-corrected chi connectivity index (χ0v) is 20.6. The molecule has 0 aliphatic carbocycles. The van der Waals surface area contributed by atoms with Gasteiger partial charge in [0, 0.05) is 31.5 Å². The van der Waals surface area contributed by atoms with Gasteiger partial charge in [0.1, 0.15) is 11.3 Å². The molecular formula is C24H28N6O4S. The van der Waals surface area contributed by atoms with Crippen molar-refractivity contribution in [2.45, 2.75) is 38.3 Å². The Hall–Kier alpha value is -3.28. The Morgan fingerprint density at radius 3 is 2.34 bits per heavy atom. The van der Waals surface area contributed by atoms with Crippen LogP contribution in [-0.2, 0) is 23.1 Å². The first-order valence-electron chi connectivity index (χ1n) is 11.6. The van der Waals surface area contributed by atoms with Gasteiger partial charge in [0.05, 0.1) is 17.1 Å². The second-order valence-corrected chi connectivity index (χ2v) is 10.5. The van der Waals surface area contributed by atoms with E-state index in [1.165, 1.54) is 3.97 Å². The molecule has 1 fully saturated rings. The molecule has 1 aliphatic rings. The van der Waals surface area contributed by atoms with E-state index in [-0.39, 0.29) is 4.90 Å². The van der Waals surface area contributed by atoms with Crippen LogP contribution in [0.3, 0.4) is 0 Å². The summed E-state index contributed by atoms with van der Waals surface area (Å²) in [7, 11) is -3.62. The Balaban J connectivity index is 1.22. The number of aromatic nitrogens is 4. The van der Waals surface area contributed by atoms with E-state index in [1.807, 2.05) is 26.0 Å². The van der Waals surface area contributed by atoms with Crippen molar-refractivity contribution in [2.75, 3.05) is 26.2 Å². The third-order valence-corrected chi connectivity index (χ3v) is 7.98. The maximum Gasteiger partial charge on any atom is 0.267 e. The summed E-state index contributed by atoms with van der Waals surface area (Å²) in [6.07, 6.45) is 2.58. The van der Waals surface area contributed by atoms with E-state index in [2.05, 4.69) is 25.1 Å². The van der Waals surface area contributed by atoms with Crippen LogP contribution in [0.1, 0.15) is 29.4 Å². The number of aryl methyl sites for hydroxylation is 2. The minimum atomic E-state index is -3.62. The maximum atomic E-state index is 13.1. The zero-order chi connectivity index (χ0) is 24.4. The Morgan fingerprint density at radius 1 is 0.886 bits per heavy atom. The summed E-state index contributed by atoms with van der Waals surface area (Å²) in [6, 6.07) is 12.2. The summed E-state index contributed by atoms with van der Waals surface area (Å²) in [5.74, 6) is 1.70. The van der Waals surface area contributed by atoms with Gasteiger partial charge in [-0.3, -0.25) is 9.80 Å². The molecule has 10 nitrogen and oxygen atoms in total. The predicted octanol–water partition coefficient (Wildman–Crippen LogP) is 3.09. The lowest BCUT2D eigenvalue weighted by molar-refractivity contribution is 0.240. The van der Waals surface area contributed by atoms with Crippen LogP contribution < -0.4 is 0 Å². The minimum Gasteiger partial charge on any atom is -0.361 e. The molecule has 4 heterocycles. The number of hydrogen-bond donors (Lipinski definition) is 0. The van der Waals surface area contributed by atoms with Crippen molar-refractivity contribution in [3.05, 3.63) is 71.6 Å². The molecule has 1 aromatic carbocycles. The summed E-state index contributed by atoms with van der Waals surface area (Å²) in [4.78, 5) is 9.41. The first-order valence-corrected chi connectivity index (χ1v) is 13.0. The van der Waals surface area contributed by atoms with Crippen LogP contribution >= 0.6 is 0 Å². The molecule has 1 saturated heterocycles. The second kappa shape index (κ2) is 9.76. The van der Waals surface area contributed by atoms with Crippen molar-refractivity contribution in [2.24, 2.45) is 0 Å². The van der Waals surface area contributed by atoms with Gasteiger partial charge in [0.2, 0.25) is 0 Å². The lowest BCUT2D eigenvalue weighted by Gasteiger charge is -2.21. The predicted molar refractivity (Wildman–Crippen MR) is 128 cm³/mol. The highest BCUT2D eigenvalue weighted by Crippen LogP contribution is 2.25. The van der Waals surface area contributed by atoms with Gasteiger partial charge in [0.15, 0.2) is 5.82 Å². The molecule has 35 heavy (non-hydrogen) atoms. The van der Waals surface area contributed by atoms with Crippen LogP contribution in [0.15, 0.2) is 62.6 Å². The van der Waals surface area contributed by atoms with E-state index in [4.69, 9.17) is 9.05 Å². The molecule has 184 valence electrons. The topological polar surface area (TPSA) is 110 Å². The summed E-state index contributed by atoms with van der Waals surface area (Å²) in [6.45, 7) is 8.22. The van der Waals surface area contributed by atoms with Gasteiger partial charge < -0.3 is 9.05 Å². The lowest BCUT2D eigenvalue weighted by Crippen LogP contribution is -2.31. The number of rotatable bonds is 7. The summed E-state index contributed by atoms with van der Waals surface area (Å²) in [5, 5.41) is 8.09. The highest BCUT2D eigenvalue weighted by molar-refractivity contribution is 7.90. The molecule has 0 atom stereocenters. The van der Waals surface area contributed by atoms with Gasteiger partial charge in [-0.2, -0.15) is 4.98 Å². The SMILES string of the molecule is Cc1noc(C)c1-c1nc(CN2CCCN(Cc3cccn3S(=O)(=O)c3ccccc3)CC2)no1. The Bertz CT molecular complexity index is 1370. The van der Waals surface area contributed by atoms with Crippen LogP contribution in [0.2, 0.25) is 0 Å². The van der Waals surface area contributed by atoms with E-state index in [0.717, 1.165) is 49.6 Å². The fourth-order valence-corrected chi connectivity index (χ4v) is 5.83. The molecule has 4 aromatic rings. The zero-order valence-electron chi connectivity index (χ0n) is 19.8. The first kappa shape index (κ1) is 23.5. The quantitative estimate of drug-likeness (QED) is 0.381. The summed E-state index contributed by atoms with van der Waals surface area (Å²) in [5.41, 5.74) is 2.23. The van der Waals surface area contributed by atoms with E-state index < -0.39 is 10.0 Å². The van der Waals surface area contributed by atoms with Crippen molar-refractivity contribution >= 4 is 10.0 Å². The van der Waals surface area contributed by atoms with Crippen molar-refractivity contribution in [1.29, 1.82) is 0 Å². The average molecular weight is 497 g/mol. The minimum absolute atomic E-state index is 0.288. The fourth-order valence-electron chi connectivity index (χ4n) is 4.44. The Morgan fingerprint density at radius 2 is 1.63 bits per heavy atom. The normalized spacial score (nSPS) is 15.9. The van der Waals surface area contributed by atoms with Gasteiger partial charge in [-0.05, 0) is 57.6 Å². The molecule has 0 N–H and O–H groups in total. The number of hydrogen-bond acceptors (Lipinski definition) is 9. The van der Waals surface area contributed by atoms with Crippen LogP contribution in [-0.4, -0.2) is 63.7 Å². The van der Waals surface area contributed by atoms with Crippen LogP contribution in [0, 0.1) is 13.8 Å². The lowest BCUT2D eigenvalue weighted by atomic mass is 10.2. The molecule has 1 aliphatic heterocycles. The van der Waals surface area contributed by atoms with Gasteiger partial charge in [-0.1, -0.05) is 28.5 Å². The molecule has 0 saturated carbocycles. The molecule has 0 radical (unpaired) electrons. The molecule has 5 rings (SSSR count). The molecule has 0 unspecified atom stereocenters. The third kappa shape index (κ3) is 4.93. The third-order valence-electron chi connectivity index (χ3n) is 6.24. The highest BCUT2D eigenvalue weighted by atomic mass is 32.2. The molecular weight excluding hydrogens is 468 g/mol. The van der Waals surface area contributed by atoms with E-state index in [0.29, 0.717) is 30.6 Å². The largest absolute Gasteiger partial charge is 0.361 e. The summed E-state index contributed by atoms with van der Waals surface area (Å²) >= 11 is 0. The molecule has 3 aromatic heterocycles. The van der Waals surface area contributed by atoms with Crippen molar-refractivity contribution in [3.8, 4) is 11.5 Å². The van der Waals surface area contributed by atoms with Crippen molar-refractivity contribution < 1.29 is 17.5 Å². The average Bonchev–Trinajstić information content (AvgIpc) is 3.54. The van der Waals surface area contributed by atoms with Crippen LogP contribution in [0.25, 0.3) is 11.5 Å². The standard InChI is InChI=1S/C24H28N6O4S/c1-18-23(19(2)33-26-18)24-25-22(27-34-24)17-29-12-7-11-28(14-15-29)16-20-8-6-13-30(20)35(31,32)21-9-4-3-5-10-21/h3-6,8-10,13H,7,11-12,14-17H2,1-2H3. The number of nitrogens with zero attached hydrogens (tertiary/aromatic N) is 6. The van der Waals surface area contributed by atoms with Gasteiger partial charge in [-0.25, -0.2) is 12.4 Å². The van der Waals surface area contributed by atoms with Gasteiger partial charge in [0.25, 0.3) is 15.9 Å². The van der Waals surface area contributed by atoms with Gasteiger partial charge in [-0.15, -0.1) is 0 Å². The van der Waals surface area contributed by atoms with E-state index in [1.54, 1.807) is 36.5 Å². The Labute approximate surface area is 204 Å². The highest BCUT2D eigenvalue weighted by Gasteiger charge is 2.23. The molecule has 0 spiro atoms. The summed E-state index contributed by atoms with van der Waals surface area (Å²) < 4.78 is 38.3. The van der Waals surface area contributed by atoms with Crippen LogP contribution in [0.5, 0.6) is 0 Å². The number of benzene rings is 1. The van der Waals surface area contributed by atoms with Crippen molar-refractivity contribution in [1.82, 2.24) is 29.1 Å². The smallest absolute Gasteiger partial charge is 0.267 e. The first-order chi connectivity index (χ1) is 16.9. The van der Waals surface area contributed by atoms with Gasteiger partial charge >= 0.3 is 0 Å². The fraction of sp³-hybridized carbons (Fsp3) is 0.375. The second-order valence-electron chi connectivity index (χ2n) is 8.73. The van der Waals surface area contributed by atoms with E-state index >= 15 is 0 Å². The van der Waals surface area contributed by atoms with Crippen LogP contribution in [0.4, 0.5) is 0 Å². The monoisotopic (exact) mass is 496 g/mol. The molecule has 11 heteroatoms. The maximum absolute atomic E-state index is 13.1. The Kier molecular flexibility index (Phi) is 6.54. The van der Waals surface area contributed by atoms with Crippen molar-refractivity contribution in [3.63, 3.8) is 0 Å². The molecule has 0 amide bonds.